The number of hydrogen-bond acceptors (Lipinski definition) is 3. The monoisotopic (exact) mass is 269 g/mol. The van der Waals surface area contributed by atoms with Crippen molar-refractivity contribution < 1.29 is 0 Å². The molecule has 0 fully saturated rings. The van der Waals surface area contributed by atoms with Gasteiger partial charge in [0.1, 0.15) is 10.8 Å². The van der Waals surface area contributed by atoms with Gasteiger partial charge in [0.15, 0.2) is 5.82 Å². The van der Waals surface area contributed by atoms with E-state index in [2.05, 4.69) is 30.9 Å². The molecule has 3 nitrogen and oxygen atoms in total. The van der Waals surface area contributed by atoms with Gasteiger partial charge >= 0.3 is 0 Å². The number of halogens is 2. The lowest BCUT2D eigenvalue weighted by Gasteiger charge is -1.98. The zero-order valence-corrected chi connectivity index (χ0v) is 9.33. The maximum atomic E-state index is 5.74. The zero-order chi connectivity index (χ0) is 9.97. The van der Waals surface area contributed by atoms with Crippen molar-refractivity contribution >= 4 is 27.5 Å². The van der Waals surface area contributed by atoms with Crippen molar-refractivity contribution in [2.24, 2.45) is 0 Å². The van der Waals surface area contributed by atoms with Gasteiger partial charge in [0, 0.05) is 16.9 Å². The van der Waals surface area contributed by atoms with Crippen molar-refractivity contribution in [2.75, 3.05) is 0 Å². The predicted molar refractivity (Wildman–Crippen MR) is 58.0 cm³/mol. The van der Waals surface area contributed by atoms with E-state index >= 15 is 0 Å². The molecule has 2 aromatic heterocycles. The number of hydrogen-bond donors (Lipinski definition) is 0. The van der Waals surface area contributed by atoms with Gasteiger partial charge in [-0.15, -0.1) is 0 Å². The van der Waals surface area contributed by atoms with E-state index in [0.717, 1.165) is 4.47 Å². The van der Waals surface area contributed by atoms with Crippen molar-refractivity contribution in [3.8, 4) is 11.5 Å². The number of rotatable bonds is 1. The van der Waals surface area contributed by atoms with Crippen LogP contribution in [0, 0.1) is 0 Å². The zero-order valence-electron chi connectivity index (χ0n) is 6.98. The first-order valence-corrected chi connectivity index (χ1v) is 5.03. The van der Waals surface area contributed by atoms with Gasteiger partial charge in [-0.05, 0) is 34.1 Å². The summed E-state index contributed by atoms with van der Waals surface area (Å²) in [5, 5.41) is 0.416. The summed E-state index contributed by atoms with van der Waals surface area (Å²) in [6.45, 7) is 0. The van der Waals surface area contributed by atoms with E-state index in [0.29, 0.717) is 16.7 Å². The Morgan fingerprint density at radius 1 is 1.14 bits per heavy atom. The maximum absolute atomic E-state index is 5.74. The van der Waals surface area contributed by atoms with E-state index in [1.165, 1.54) is 0 Å². The molecule has 0 unspecified atom stereocenters. The van der Waals surface area contributed by atoms with E-state index in [1.807, 2.05) is 12.1 Å². The predicted octanol–water partition coefficient (Wildman–Crippen LogP) is 2.95. The van der Waals surface area contributed by atoms with Crippen LogP contribution in [0.4, 0.5) is 0 Å². The quantitative estimate of drug-likeness (QED) is 0.748. The topological polar surface area (TPSA) is 38.7 Å². The molecule has 0 aliphatic carbocycles. The molecule has 0 N–H and O–H groups in total. The van der Waals surface area contributed by atoms with Crippen LogP contribution in [0.1, 0.15) is 0 Å². The van der Waals surface area contributed by atoms with Gasteiger partial charge in [-0.1, -0.05) is 11.6 Å². The third kappa shape index (κ3) is 2.08. The van der Waals surface area contributed by atoms with Crippen LogP contribution >= 0.6 is 27.5 Å². The highest BCUT2D eigenvalue weighted by atomic mass is 79.9. The summed E-state index contributed by atoms with van der Waals surface area (Å²) in [4.78, 5) is 12.3. The summed E-state index contributed by atoms with van der Waals surface area (Å²) in [6, 6.07) is 5.34. The van der Waals surface area contributed by atoms with Crippen LogP contribution in [-0.4, -0.2) is 15.0 Å². The van der Waals surface area contributed by atoms with Crippen LogP contribution < -0.4 is 0 Å². The minimum absolute atomic E-state index is 0.416. The summed E-state index contributed by atoms with van der Waals surface area (Å²) in [5.41, 5.74) is 0.704. The molecule has 0 aliphatic heterocycles. The fraction of sp³-hybridized carbons (Fsp3) is 0. The van der Waals surface area contributed by atoms with Gasteiger partial charge in [-0.2, -0.15) is 0 Å². The molecule has 0 spiro atoms. The molecule has 0 aromatic carbocycles. The average Bonchev–Trinajstić information content (AvgIpc) is 2.19. The molecule has 0 bridgehead atoms. The molecular weight excluding hydrogens is 265 g/mol. The van der Waals surface area contributed by atoms with Gasteiger partial charge in [0.2, 0.25) is 0 Å². The minimum Gasteiger partial charge on any atom is -0.252 e. The van der Waals surface area contributed by atoms with Crippen LogP contribution in [0.2, 0.25) is 5.15 Å². The molecule has 2 heterocycles. The van der Waals surface area contributed by atoms with Gasteiger partial charge in [0.25, 0.3) is 0 Å². The van der Waals surface area contributed by atoms with E-state index in [9.17, 15) is 0 Å². The van der Waals surface area contributed by atoms with Crippen molar-refractivity contribution in [3.63, 3.8) is 0 Å². The largest absolute Gasteiger partial charge is 0.252 e. The Bertz CT molecular complexity index is 444. The van der Waals surface area contributed by atoms with Crippen LogP contribution in [0.3, 0.4) is 0 Å². The summed E-state index contributed by atoms with van der Waals surface area (Å²) < 4.78 is 0.920. The molecule has 0 radical (unpaired) electrons. The normalized spacial score (nSPS) is 10.1. The third-order valence-corrected chi connectivity index (χ3v) is 2.26. The molecule has 0 aliphatic rings. The molecule has 0 saturated heterocycles. The highest BCUT2D eigenvalue weighted by molar-refractivity contribution is 9.10. The molecule has 14 heavy (non-hydrogen) atoms. The molecular formula is C9H5BrClN3. The van der Waals surface area contributed by atoms with Gasteiger partial charge in [-0.25, -0.2) is 9.97 Å². The first kappa shape index (κ1) is 9.55. The summed E-state index contributed by atoms with van der Waals surface area (Å²) >= 11 is 9.04. The first-order valence-electron chi connectivity index (χ1n) is 3.86. The lowest BCUT2D eigenvalue weighted by Crippen LogP contribution is -1.90. The van der Waals surface area contributed by atoms with Crippen molar-refractivity contribution in [1.29, 1.82) is 0 Å². The highest BCUT2D eigenvalue weighted by Gasteiger charge is 2.02. The van der Waals surface area contributed by atoms with Gasteiger partial charge in [-0.3, -0.25) is 4.98 Å². The van der Waals surface area contributed by atoms with Crippen LogP contribution in [0.15, 0.2) is 35.1 Å². The van der Waals surface area contributed by atoms with Crippen LogP contribution in [0.25, 0.3) is 11.5 Å². The van der Waals surface area contributed by atoms with E-state index in [4.69, 9.17) is 11.6 Å². The minimum atomic E-state index is 0.416. The summed E-state index contributed by atoms with van der Waals surface area (Å²) in [6.07, 6.45) is 3.30. The summed E-state index contributed by atoms with van der Waals surface area (Å²) in [7, 11) is 0. The Hall–Kier alpha value is -1.00. The van der Waals surface area contributed by atoms with E-state index in [1.54, 1.807) is 18.5 Å². The number of nitrogens with zero attached hydrogens (tertiary/aromatic N) is 3. The second-order valence-corrected chi connectivity index (χ2v) is 3.87. The SMILES string of the molecule is Clc1ccnc(-c2ccc(Br)cn2)n1. The van der Waals surface area contributed by atoms with Crippen molar-refractivity contribution in [1.82, 2.24) is 15.0 Å². The molecule has 0 atom stereocenters. The maximum Gasteiger partial charge on any atom is 0.179 e. The molecule has 5 heteroatoms. The van der Waals surface area contributed by atoms with Crippen molar-refractivity contribution in [2.45, 2.75) is 0 Å². The fourth-order valence-corrected chi connectivity index (χ4v) is 1.34. The Morgan fingerprint density at radius 3 is 2.64 bits per heavy atom. The summed E-state index contributed by atoms with van der Waals surface area (Å²) in [5.74, 6) is 0.532. The smallest absolute Gasteiger partial charge is 0.179 e. The molecule has 0 amide bonds. The molecule has 2 rings (SSSR count). The molecule has 2 aromatic rings. The number of aromatic nitrogens is 3. The van der Waals surface area contributed by atoms with Crippen LogP contribution in [-0.2, 0) is 0 Å². The van der Waals surface area contributed by atoms with Crippen LogP contribution in [0.5, 0.6) is 0 Å². The van der Waals surface area contributed by atoms with Gasteiger partial charge < -0.3 is 0 Å². The first-order chi connectivity index (χ1) is 6.75. The fourth-order valence-electron chi connectivity index (χ4n) is 0.968. The average molecular weight is 271 g/mol. The Kier molecular flexibility index (Phi) is 2.74. The van der Waals surface area contributed by atoms with E-state index < -0.39 is 0 Å². The second-order valence-electron chi connectivity index (χ2n) is 2.56. The van der Waals surface area contributed by atoms with Gasteiger partial charge in [0.05, 0.1) is 0 Å². The number of pyridine rings is 1. The lowest BCUT2D eigenvalue weighted by atomic mass is 10.3. The Morgan fingerprint density at radius 2 is 2.00 bits per heavy atom. The standard InChI is InChI=1S/C9H5BrClN3/c10-6-1-2-7(13-5-6)9-12-4-3-8(11)14-9/h1-5H. The van der Waals surface area contributed by atoms with Crippen molar-refractivity contribution in [3.05, 3.63) is 40.2 Å². The lowest BCUT2D eigenvalue weighted by molar-refractivity contribution is 1.14. The highest BCUT2D eigenvalue weighted by Crippen LogP contribution is 2.16. The van der Waals surface area contributed by atoms with E-state index in [-0.39, 0.29) is 0 Å². The Balaban J connectivity index is 2.44. The third-order valence-electron chi connectivity index (χ3n) is 1.58. The molecule has 0 saturated carbocycles. The second kappa shape index (κ2) is 4.02. The molecule has 70 valence electrons. The Labute approximate surface area is 94.3 Å².